The van der Waals surface area contributed by atoms with Gasteiger partial charge in [-0.2, -0.15) is 4.98 Å². The van der Waals surface area contributed by atoms with Gasteiger partial charge >= 0.3 is 0 Å². The number of halogens is 1. The Labute approximate surface area is 150 Å². The van der Waals surface area contributed by atoms with Gasteiger partial charge in [-0.25, -0.2) is 4.98 Å². The first-order valence-electron chi connectivity index (χ1n) is 8.16. The minimum Gasteiger partial charge on any atom is -0.388 e. The highest BCUT2D eigenvalue weighted by Crippen LogP contribution is 2.36. The van der Waals surface area contributed by atoms with Crippen LogP contribution in [-0.2, 0) is 11.3 Å². The van der Waals surface area contributed by atoms with Crippen molar-refractivity contribution in [2.75, 3.05) is 37.7 Å². The van der Waals surface area contributed by atoms with Crippen molar-refractivity contribution in [1.82, 2.24) is 14.9 Å². The van der Waals surface area contributed by atoms with E-state index in [1.165, 1.54) is 0 Å². The van der Waals surface area contributed by atoms with Crippen LogP contribution in [0.1, 0.15) is 19.4 Å². The Morgan fingerprint density at radius 1 is 1.46 bits per heavy atom. The molecule has 0 radical (unpaired) electrons. The number of ether oxygens (including phenoxy) is 1. The molecule has 4 rings (SSSR count). The number of aliphatic hydroxyl groups is 1. The summed E-state index contributed by atoms with van der Waals surface area (Å²) in [6, 6.07) is 0.268. The number of morpholine rings is 1. The standard InChI is InChI=1S/C16H21ClN4O2S/c1-10-6-23-4-3-21(10)14-13-12(18-15(17)19-14)11(7-24-13)5-20-8-16(2,22)9-20/h7,10,22H,3-6,8-9H2,1-2H3/t10-/m1/s1. The molecule has 0 amide bonds. The van der Waals surface area contributed by atoms with Crippen LogP contribution in [0.5, 0.6) is 0 Å². The zero-order valence-corrected chi connectivity index (χ0v) is 15.4. The highest BCUT2D eigenvalue weighted by atomic mass is 35.5. The first-order valence-corrected chi connectivity index (χ1v) is 9.41. The fraction of sp³-hybridized carbons (Fsp3) is 0.625. The van der Waals surface area contributed by atoms with Gasteiger partial charge in [-0.3, -0.25) is 4.90 Å². The van der Waals surface area contributed by atoms with E-state index in [0.717, 1.165) is 34.7 Å². The van der Waals surface area contributed by atoms with Crippen molar-refractivity contribution in [2.24, 2.45) is 0 Å². The largest absolute Gasteiger partial charge is 0.388 e. The number of thiophene rings is 1. The molecule has 0 unspecified atom stereocenters. The fourth-order valence-electron chi connectivity index (χ4n) is 3.54. The Hall–Kier alpha value is -0.990. The third-order valence-corrected chi connectivity index (χ3v) is 5.79. The molecule has 0 saturated carbocycles. The molecular weight excluding hydrogens is 348 g/mol. The van der Waals surface area contributed by atoms with Crippen molar-refractivity contribution < 1.29 is 9.84 Å². The van der Waals surface area contributed by atoms with Crippen molar-refractivity contribution in [3.8, 4) is 0 Å². The van der Waals surface area contributed by atoms with Gasteiger partial charge in [-0.05, 0) is 30.8 Å². The number of likely N-dealkylation sites (tertiary alicyclic amines) is 1. The van der Waals surface area contributed by atoms with Crippen molar-refractivity contribution >= 4 is 39.0 Å². The van der Waals surface area contributed by atoms with Gasteiger partial charge in [0.1, 0.15) is 0 Å². The maximum Gasteiger partial charge on any atom is 0.224 e. The lowest BCUT2D eigenvalue weighted by atomic mass is 9.96. The maximum absolute atomic E-state index is 9.91. The molecule has 2 saturated heterocycles. The van der Waals surface area contributed by atoms with Crippen LogP contribution in [0.4, 0.5) is 5.82 Å². The lowest BCUT2D eigenvalue weighted by Gasteiger charge is -2.44. The predicted molar refractivity (Wildman–Crippen MR) is 96.0 cm³/mol. The summed E-state index contributed by atoms with van der Waals surface area (Å²) in [6.07, 6.45) is 0. The molecule has 0 bridgehead atoms. The summed E-state index contributed by atoms with van der Waals surface area (Å²) in [7, 11) is 0. The third-order valence-electron chi connectivity index (χ3n) is 4.61. The number of nitrogens with zero attached hydrogens (tertiary/aromatic N) is 4. The summed E-state index contributed by atoms with van der Waals surface area (Å²) in [5, 5.41) is 12.3. The van der Waals surface area contributed by atoms with Gasteiger partial charge in [0.05, 0.1) is 35.1 Å². The summed E-state index contributed by atoms with van der Waals surface area (Å²) < 4.78 is 6.61. The molecule has 2 aliphatic rings. The van der Waals surface area contributed by atoms with E-state index in [9.17, 15) is 5.11 Å². The number of aromatic nitrogens is 2. The van der Waals surface area contributed by atoms with Crippen LogP contribution in [0.2, 0.25) is 5.28 Å². The smallest absolute Gasteiger partial charge is 0.224 e. The summed E-state index contributed by atoms with van der Waals surface area (Å²) in [5.41, 5.74) is 1.52. The van der Waals surface area contributed by atoms with Crippen LogP contribution < -0.4 is 4.90 Å². The number of hydrogen-bond acceptors (Lipinski definition) is 7. The van der Waals surface area contributed by atoms with Gasteiger partial charge in [0.25, 0.3) is 0 Å². The second kappa shape index (κ2) is 6.07. The van der Waals surface area contributed by atoms with E-state index in [1.807, 2.05) is 6.92 Å². The van der Waals surface area contributed by atoms with Crippen molar-refractivity contribution in [2.45, 2.75) is 32.0 Å². The molecule has 0 aromatic carbocycles. The minimum atomic E-state index is -0.563. The van der Waals surface area contributed by atoms with E-state index >= 15 is 0 Å². The van der Waals surface area contributed by atoms with Crippen LogP contribution >= 0.6 is 22.9 Å². The van der Waals surface area contributed by atoms with Crippen LogP contribution in [-0.4, -0.2) is 64.5 Å². The van der Waals surface area contributed by atoms with Crippen LogP contribution in [0.15, 0.2) is 5.38 Å². The maximum atomic E-state index is 9.91. The van der Waals surface area contributed by atoms with Gasteiger partial charge in [0, 0.05) is 31.7 Å². The minimum absolute atomic E-state index is 0.268. The number of anilines is 1. The lowest BCUT2D eigenvalue weighted by molar-refractivity contribution is -0.0869. The molecule has 1 N–H and O–H groups in total. The van der Waals surface area contributed by atoms with Crippen LogP contribution in [0.3, 0.4) is 0 Å². The lowest BCUT2D eigenvalue weighted by Crippen LogP contribution is -2.59. The van der Waals surface area contributed by atoms with Gasteiger partial charge in [0.15, 0.2) is 5.82 Å². The molecule has 24 heavy (non-hydrogen) atoms. The van der Waals surface area contributed by atoms with Crippen LogP contribution in [0.25, 0.3) is 10.2 Å². The zero-order valence-electron chi connectivity index (χ0n) is 13.8. The average molecular weight is 369 g/mol. The summed E-state index contributed by atoms with van der Waals surface area (Å²) in [6.45, 7) is 8.38. The molecule has 2 aliphatic heterocycles. The van der Waals surface area contributed by atoms with Crippen molar-refractivity contribution in [1.29, 1.82) is 0 Å². The molecule has 2 aromatic rings. The van der Waals surface area contributed by atoms with Gasteiger partial charge in [-0.15, -0.1) is 11.3 Å². The van der Waals surface area contributed by atoms with E-state index in [4.69, 9.17) is 16.3 Å². The second-order valence-corrected chi connectivity index (χ2v) is 8.23. The van der Waals surface area contributed by atoms with Crippen molar-refractivity contribution in [3.63, 3.8) is 0 Å². The SMILES string of the molecule is C[C@@H]1COCCN1c1nc(Cl)nc2c(CN3CC(C)(O)C3)csc12. The molecule has 4 heterocycles. The summed E-state index contributed by atoms with van der Waals surface area (Å²) >= 11 is 7.89. The number of rotatable bonds is 3. The van der Waals surface area contributed by atoms with Gasteiger partial charge < -0.3 is 14.7 Å². The average Bonchev–Trinajstić information content (AvgIpc) is 2.88. The van der Waals surface area contributed by atoms with E-state index < -0.39 is 5.60 Å². The van der Waals surface area contributed by atoms with Crippen molar-refractivity contribution in [3.05, 3.63) is 16.2 Å². The monoisotopic (exact) mass is 368 g/mol. The van der Waals surface area contributed by atoms with Gasteiger partial charge in [0.2, 0.25) is 5.28 Å². The Balaban J connectivity index is 1.66. The molecule has 0 aliphatic carbocycles. The molecule has 8 heteroatoms. The third kappa shape index (κ3) is 2.99. The second-order valence-electron chi connectivity index (χ2n) is 7.01. The van der Waals surface area contributed by atoms with Crippen LogP contribution in [0, 0.1) is 0 Å². The Bertz CT molecular complexity index is 758. The van der Waals surface area contributed by atoms with E-state index in [2.05, 4.69) is 32.1 Å². The Morgan fingerprint density at radius 2 is 2.25 bits per heavy atom. The summed E-state index contributed by atoms with van der Waals surface area (Å²) in [5.74, 6) is 0.910. The van der Waals surface area contributed by atoms with E-state index in [1.54, 1.807) is 11.3 Å². The number of fused-ring (bicyclic) bond motifs is 1. The highest BCUT2D eigenvalue weighted by Gasteiger charge is 2.36. The fourth-order valence-corrected chi connectivity index (χ4v) is 4.71. The first kappa shape index (κ1) is 16.5. The first-order chi connectivity index (χ1) is 11.4. The molecule has 1 atom stereocenters. The molecular formula is C16H21ClN4O2S. The van der Waals surface area contributed by atoms with E-state index in [0.29, 0.717) is 26.3 Å². The topological polar surface area (TPSA) is 61.7 Å². The number of β-amino-alcohol motifs (C(OH)–C–C–N with tert-alkyl or cyclic N) is 1. The molecule has 0 spiro atoms. The normalized spacial score (nSPS) is 24.3. The summed E-state index contributed by atoms with van der Waals surface area (Å²) in [4.78, 5) is 13.5. The Kier molecular flexibility index (Phi) is 4.17. The highest BCUT2D eigenvalue weighted by molar-refractivity contribution is 7.18. The van der Waals surface area contributed by atoms with Gasteiger partial charge in [-0.1, -0.05) is 0 Å². The van der Waals surface area contributed by atoms with E-state index in [-0.39, 0.29) is 11.3 Å². The number of hydrogen-bond donors (Lipinski definition) is 1. The molecule has 2 aromatic heterocycles. The quantitative estimate of drug-likeness (QED) is 0.837. The molecule has 130 valence electrons. The molecule has 6 nitrogen and oxygen atoms in total. The zero-order chi connectivity index (χ0) is 16.9. The predicted octanol–water partition coefficient (Wildman–Crippen LogP) is 2.14. The molecule has 2 fully saturated rings. The Morgan fingerprint density at radius 3 is 2.96 bits per heavy atom.